The molecule has 0 aromatic rings. The van der Waals surface area contributed by atoms with E-state index in [0.717, 1.165) is 24.4 Å². The molecule has 0 spiro atoms. The second-order valence-corrected chi connectivity index (χ2v) is 4.54. The van der Waals surface area contributed by atoms with Crippen molar-refractivity contribution in [3.05, 3.63) is 35.2 Å². The number of nitrogens with two attached hydrogens (primary N) is 2. The van der Waals surface area contributed by atoms with Crippen molar-refractivity contribution >= 4 is 0 Å². The summed E-state index contributed by atoms with van der Waals surface area (Å²) < 4.78 is 0. The third-order valence-electron chi connectivity index (χ3n) is 1.70. The molecule has 0 saturated carbocycles. The third-order valence-corrected chi connectivity index (χ3v) is 1.70. The van der Waals surface area contributed by atoms with Crippen LogP contribution in [-0.2, 0) is 0 Å². The first-order valence-electron chi connectivity index (χ1n) is 5.97. The molecule has 17 heavy (non-hydrogen) atoms. The molecule has 0 aliphatic heterocycles. The highest BCUT2D eigenvalue weighted by Crippen LogP contribution is 1.91. The van der Waals surface area contributed by atoms with Gasteiger partial charge in [0.1, 0.15) is 0 Å². The van der Waals surface area contributed by atoms with Crippen molar-refractivity contribution in [1.82, 2.24) is 4.90 Å². The quantitative estimate of drug-likeness (QED) is 0.586. The highest BCUT2D eigenvalue weighted by molar-refractivity contribution is 5.17. The Morgan fingerprint density at radius 3 is 1.82 bits per heavy atom. The van der Waals surface area contributed by atoms with Gasteiger partial charge in [-0.1, -0.05) is 24.6 Å². The van der Waals surface area contributed by atoms with Crippen LogP contribution in [0.3, 0.4) is 0 Å². The second kappa shape index (κ2) is 11.3. The Hall–Kier alpha value is -1.22. The van der Waals surface area contributed by atoms with Gasteiger partial charge in [-0.3, -0.25) is 0 Å². The summed E-state index contributed by atoms with van der Waals surface area (Å²) in [5.41, 5.74) is 13.7. The lowest BCUT2D eigenvalue weighted by atomic mass is 10.3. The number of likely N-dealkylation sites (N-methyl/N-ethyl adjacent to an activating group) is 1. The number of hydrogen-bond donors (Lipinski definition) is 2. The van der Waals surface area contributed by atoms with Gasteiger partial charge in [0.25, 0.3) is 0 Å². The number of allylic oxidation sites excluding steroid dienone is 4. The Morgan fingerprint density at radius 2 is 1.59 bits per heavy atom. The zero-order valence-electron chi connectivity index (χ0n) is 12.2. The summed E-state index contributed by atoms with van der Waals surface area (Å²) in [6, 6.07) is 0. The number of hydrogen-bond acceptors (Lipinski definition) is 3. The van der Waals surface area contributed by atoms with E-state index in [0.29, 0.717) is 0 Å². The van der Waals surface area contributed by atoms with Crippen LogP contribution in [0.15, 0.2) is 35.2 Å². The monoisotopic (exact) mass is 239 g/mol. The molecule has 0 aliphatic rings. The zero-order valence-corrected chi connectivity index (χ0v) is 12.2. The maximum absolute atomic E-state index is 5.49. The van der Waals surface area contributed by atoms with Crippen LogP contribution in [0.25, 0.3) is 0 Å². The first-order chi connectivity index (χ1) is 7.79. The minimum atomic E-state index is 0.747. The molecule has 0 aliphatic carbocycles. The minimum Gasteiger partial charge on any atom is -0.402 e. The first kappa shape index (κ1) is 18.2. The molecule has 0 radical (unpaired) electrons. The largest absolute Gasteiger partial charge is 0.402 e. The second-order valence-electron chi connectivity index (χ2n) is 4.54. The summed E-state index contributed by atoms with van der Waals surface area (Å²) in [4.78, 5) is 2.15. The highest BCUT2D eigenvalue weighted by atomic mass is 15.0. The third kappa shape index (κ3) is 20.8. The summed E-state index contributed by atoms with van der Waals surface area (Å²) in [6.45, 7) is 9.14. The maximum Gasteiger partial charge on any atom is 0.0290 e. The van der Waals surface area contributed by atoms with E-state index in [1.54, 1.807) is 6.08 Å². The van der Waals surface area contributed by atoms with Crippen LogP contribution in [-0.4, -0.2) is 25.5 Å². The Morgan fingerprint density at radius 1 is 1.06 bits per heavy atom. The summed E-state index contributed by atoms with van der Waals surface area (Å²) in [5, 5.41) is 0. The van der Waals surface area contributed by atoms with E-state index in [2.05, 4.69) is 38.9 Å². The van der Waals surface area contributed by atoms with E-state index in [4.69, 9.17) is 11.5 Å². The van der Waals surface area contributed by atoms with E-state index >= 15 is 0 Å². The summed E-state index contributed by atoms with van der Waals surface area (Å²) in [7, 11) is 4.14. The van der Waals surface area contributed by atoms with Crippen molar-refractivity contribution in [2.75, 3.05) is 20.6 Å². The summed E-state index contributed by atoms with van der Waals surface area (Å²) in [5.74, 6) is 0. The first-order valence-corrected chi connectivity index (χ1v) is 5.97. The lowest BCUT2D eigenvalue weighted by Crippen LogP contribution is -2.10. The smallest absolute Gasteiger partial charge is 0.0290 e. The van der Waals surface area contributed by atoms with Crippen molar-refractivity contribution in [2.45, 2.75) is 34.1 Å². The molecule has 0 unspecified atom stereocenters. The van der Waals surface area contributed by atoms with E-state index in [1.807, 2.05) is 19.9 Å². The standard InChI is InChI=1S/C7H14N2.C7H15N/c1-3-4-7(9)5-6(2)8;1-7(2)5-6-8(3)4/h4-5H,3,8-9H2,1-2H3;5H,6H2,1-4H3/b6-5+,7-4+;. The molecule has 0 bridgehead atoms. The molecular formula is C14H29N3. The van der Waals surface area contributed by atoms with Gasteiger partial charge in [-0.2, -0.15) is 0 Å². The van der Waals surface area contributed by atoms with Gasteiger partial charge < -0.3 is 16.4 Å². The van der Waals surface area contributed by atoms with Gasteiger partial charge in [-0.25, -0.2) is 0 Å². The van der Waals surface area contributed by atoms with Gasteiger partial charge in [-0.05, 0) is 47.4 Å². The fraction of sp³-hybridized carbons (Fsp3) is 0.571. The van der Waals surface area contributed by atoms with Crippen molar-refractivity contribution < 1.29 is 0 Å². The fourth-order valence-corrected chi connectivity index (χ4v) is 0.923. The van der Waals surface area contributed by atoms with Gasteiger partial charge in [0.05, 0.1) is 0 Å². The van der Waals surface area contributed by atoms with Crippen molar-refractivity contribution in [3.8, 4) is 0 Å². The SMILES string of the molecule is CC(C)=CCN(C)C.CC/C=C(N)\C=C(/C)N. The van der Waals surface area contributed by atoms with Gasteiger partial charge in [0.2, 0.25) is 0 Å². The summed E-state index contributed by atoms with van der Waals surface area (Å²) in [6.07, 6.45) is 6.84. The zero-order chi connectivity index (χ0) is 13.8. The Balaban J connectivity index is 0. The highest BCUT2D eigenvalue weighted by Gasteiger charge is 1.81. The Bertz CT molecular complexity index is 265. The molecule has 3 heteroatoms. The van der Waals surface area contributed by atoms with E-state index in [9.17, 15) is 0 Å². The van der Waals surface area contributed by atoms with Gasteiger partial charge in [0.15, 0.2) is 0 Å². The Labute approximate surface area is 107 Å². The molecule has 0 saturated heterocycles. The van der Waals surface area contributed by atoms with Gasteiger partial charge in [-0.15, -0.1) is 0 Å². The van der Waals surface area contributed by atoms with Gasteiger partial charge in [0, 0.05) is 17.9 Å². The van der Waals surface area contributed by atoms with E-state index in [-0.39, 0.29) is 0 Å². The van der Waals surface area contributed by atoms with Crippen LogP contribution in [0.5, 0.6) is 0 Å². The molecule has 100 valence electrons. The van der Waals surface area contributed by atoms with Crippen LogP contribution < -0.4 is 11.5 Å². The Kier molecular flexibility index (Phi) is 12.0. The summed E-state index contributed by atoms with van der Waals surface area (Å²) >= 11 is 0. The van der Waals surface area contributed by atoms with Crippen molar-refractivity contribution in [3.63, 3.8) is 0 Å². The fourth-order valence-electron chi connectivity index (χ4n) is 0.923. The van der Waals surface area contributed by atoms with Crippen molar-refractivity contribution in [2.24, 2.45) is 11.5 Å². The topological polar surface area (TPSA) is 55.3 Å². The van der Waals surface area contributed by atoms with E-state index < -0.39 is 0 Å². The normalized spacial score (nSPS) is 11.9. The molecular weight excluding hydrogens is 210 g/mol. The van der Waals surface area contributed by atoms with Crippen LogP contribution in [0, 0.1) is 0 Å². The minimum absolute atomic E-state index is 0.747. The average molecular weight is 239 g/mol. The van der Waals surface area contributed by atoms with Crippen molar-refractivity contribution in [1.29, 1.82) is 0 Å². The molecule has 0 fully saturated rings. The molecule has 0 aromatic carbocycles. The van der Waals surface area contributed by atoms with Crippen LogP contribution in [0.2, 0.25) is 0 Å². The predicted octanol–water partition coefficient (Wildman–Crippen LogP) is 2.62. The van der Waals surface area contributed by atoms with Crippen LogP contribution in [0.1, 0.15) is 34.1 Å². The molecule has 0 amide bonds. The molecule has 0 rings (SSSR count). The molecule has 0 aromatic heterocycles. The number of rotatable bonds is 4. The average Bonchev–Trinajstić information content (AvgIpc) is 2.14. The lowest BCUT2D eigenvalue weighted by molar-refractivity contribution is 0.455. The van der Waals surface area contributed by atoms with Gasteiger partial charge >= 0.3 is 0 Å². The predicted molar refractivity (Wildman–Crippen MR) is 78.5 cm³/mol. The maximum atomic E-state index is 5.49. The van der Waals surface area contributed by atoms with Crippen LogP contribution >= 0.6 is 0 Å². The molecule has 4 N–H and O–H groups in total. The van der Waals surface area contributed by atoms with E-state index in [1.165, 1.54) is 5.57 Å². The molecule has 0 atom stereocenters. The number of nitrogens with zero attached hydrogens (tertiary/aromatic N) is 1. The van der Waals surface area contributed by atoms with Crippen LogP contribution in [0.4, 0.5) is 0 Å². The lowest BCUT2D eigenvalue weighted by Gasteiger charge is -2.03. The molecule has 3 nitrogen and oxygen atoms in total. The molecule has 0 heterocycles.